The number of carbonyl (C=O) groups is 2. The molecule has 1 N–H and O–H groups in total. The number of nitrogens with zero attached hydrogens (tertiary/aromatic N) is 2. The summed E-state index contributed by atoms with van der Waals surface area (Å²) in [5.74, 6) is 0.582. The first-order valence-electron chi connectivity index (χ1n) is 9.24. The summed E-state index contributed by atoms with van der Waals surface area (Å²) in [7, 11) is 0. The first-order chi connectivity index (χ1) is 11.9. The number of hydrogen-bond donors (Lipinski definition) is 1. The second-order valence-corrected chi connectivity index (χ2v) is 7.39. The molecule has 5 heteroatoms. The van der Waals surface area contributed by atoms with Gasteiger partial charge in [0.25, 0.3) is 5.91 Å². The Morgan fingerprint density at radius 2 is 1.88 bits per heavy atom. The van der Waals surface area contributed by atoms with E-state index in [0.29, 0.717) is 19.0 Å². The summed E-state index contributed by atoms with van der Waals surface area (Å²) in [5, 5.41) is 3.05. The van der Waals surface area contributed by atoms with Crippen molar-refractivity contribution >= 4 is 11.8 Å². The molecule has 1 atom stereocenters. The predicted molar refractivity (Wildman–Crippen MR) is 101 cm³/mol. The molecule has 1 aliphatic heterocycles. The van der Waals surface area contributed by atoms with E-state index in [-0.39, 0.29) is 17.9 Å². The Hall–Kier alpha value is -1.88. The lowest BCUT2D eigenvalue weighted by Crippen LogP contribution is -2.44. The fourth-order valence-electron chi connectivity index (χ4n) is 2.96. The molecule has 0 aromatic heterocycles. The zero-order valence-electron chi connectivity index (χ0n) is 15.9. The Balaban J connectivity index is 1.87. The topological polar surface area (TPSA) is 52.7 Å². The monoisotopic (exact) mass is 345 g/mol. The van der Waals surface area contributed by atoms with Crippen LogP contribution in [0.1, 0.15) is 43.1 Å². The van der Waals surface area contributed by atoms with Gasteiger partial charge < -0.3 is 10.2 Å². The van der Waals surface area contributed by atoms with E-state index in [1.807, 2.05) is 43.0 Å². The third-order valence-corrected chi connectivity index (χ3v) is 4.90. The van der Waals surface area contributed by atoms with Crippen molar-refractivity contribution in [1.82, 2.24) is 15.1 Å². The molecular weight excluding hydrogens is 314 g/mol. The lowest BCUT2D eigenvalue weighted by atomic mass is 10.1. The van der Waals surface area contributed by atoms with E-state index in [1.165, 1.54) is 0 Å². The Labute approximate surface area is 151 Å². The molecule has 1 aromatic rings. The van der Waals surface area contributed by atoms with E-state index in [9.17, 15) is 9.59 Å². The molecular formula is C20H31N3O2. The lowest BCUT2D eigenvalue weighted by molar-refractivity contribution is -0.123. The van der Waals surface area contributed by atoms with Gasteiger partial charge in [-0.25, -0.2) is 0 Å². The molecule has 0 spiro atoms. The number of benzene rings is 1. The fraction of sp³-hybridized carbons (Fsp3) is 0.600. The van der Waals surface area contributed by atoms with Crippen molar-refractivity contribution in [3.8, 4) is 0 Å². The molecule has 5 nitrogen and oxygen atoms in total. The molecule has 2 amide bonds. The summed E-state index contributed by atoms with van der Waals surface area (Å²) < 4.78 is 0. The molecule has 138 valence electrons. The van der Waals surface area contributed by atoms with Gasteiger partial charge in [0.1, 0.15) is 0 Å². The van der Waals surface area contributed by atoms with E-state index >= 15 is 0 Å². The molecule has 0 bridgehead atoms. The van der Waals surface area contributed by atoms with Gasteiger partial charge in [-0.05, 0) is 38.3 Å². The van der Waals surface area contributed by atoms with Crippen LogP contribution in [0.5, 0.6) is 0 Å². The van der Waals surface area contributed by atoms with Crippen LogP contribution in [-0.4, -0.2) is 60.4 Å². The van der Waals surface area contributed by atoms with Crippen LogP contribution in [0, 0.1) is 12.8 Å². The van der Waals surface area contributed by atoms with Crippen LogP contribution in [0.15, 0.2) is 24.3 Å². The Kier molecular flexibility index (Phi) is 7.00. The van der Waals surface area contributed by atoms with Crippen LogP contribution in [0.2, 0.25) is 0 Å². The minimum absolute atomic E-state index is 0.0691. The van der Waals surface area contributed by atoms with E-state index in [4.69, 9.17) is 0 Å². The van der Waals surface area contributed by atoms with Gasteiger partial charge in [-0.1, -0.05) is 31.5 Å². The van der Waals surface area contributed by atoms with Gasteiger partial charge in [0, 0.05) is 37.8 Å². The summed E-state index contributed by atoms with van der Waals surface area (Å²) in [6.45, 7) is 11.6. The maximum Gasteiger partial charge on any atom is 0.253 e. The highest BCUT2D eigenvalue weighted by atomic mass is 16.2. The van der Waals surface area contributed by atoms with Gasteiger partial charge in [-0.15, -0.1) is 0 Å². The first-order valence-corrected chi connectivity index (χ1v) is 9.24. The van der Waals surface area contributed by atoms with Crippen molar-refractivity contribution in [3.63, 3.8) is 0 Å². The number of rotatable bonds is 5. The van der Waals surface area contributed by atoms with Gasteiger partial charge in [0.05, 0.1) is 6.54 Å². The predicted octanol–water partition coefficient (Wildman–Crippen LogP) is 2.30. The highest BCUT2D eigenvalue weighted by Gasteiger charge is 2.22. The van der Waals surface area contributed by atoms with Crippen LogP contribution in [0.3, 0.4) is 0 Å². The molecule has 1 saturated heterocycles. The van der Waals surface area contributed by atoms with E-state index in [2.05, 4.69) is 24.1 Å². The summed E-state index contributed by atoms with van der Waals surface area (Å²) in [5.41, 5.74) is 1.84. The highest BCUT2D eigenvalue weighted by molar-refractivity contribution is 5.94. The quantitative estimate of drug-likeness (QED) is 0.891. The maximum atomic E-state index is 12.7. The smallest absolute Gasteiger partial charge is 0.253 e. The van der Waals surface area contributed by atoms with Crippen LogP contribution in [-0.2, 0) is 4.79 Å². The highest BCUT2D eigenvalue weighted by Crippen LogP contribution is 2.11. The summed E-state index contributed by atoms with van der Waals surface area (Å²) in [6.07, 6.45) is 0.893. The second kappa shape index (κ2) is 8.99. The maximum absolute atomic E-state index is 12.7. The van der Waals surface area contributed by atoms with E-state index in [0.717, 1.165) is 37.2 Å². The third kappa shape index (κ3) is 5.85. The summed E-state index contributed by atoms with van der Waals surface area (Å²) in [6, 6.07) is 7.91. The first kappa shape index (κ1) is 19.4. The van der Waals surface area contributed by atoms with E-state index in [1.54, 1.807) is 0 Å². The van der Waals surface area contributed by atoms with Crippen molar-refractivity contribution in [2.45, 2.75) is 40.2 Å². The minimum Gasteiger partial charge on any atom is -0.352 e. The van der Waals surface area contributed by atoms with Crippen molar-refractivity contribution in [2.75, 3.05) is 32.7 Å². The van der Waals surface area contributed by atoms with Crippen molar-refractivity contribution in [3.05, 3.63) is 35.4 Å². The van der Waals surface area contributed by atoms with Crippen LogP contribution in [0.25, 0.3) is 0 Å². The molecule has 0 radical (unpaired) electrons. The normalized spacial score (nSPS) is 17.2. The van der Waals surface area contributed by atoms with E-state index < -0.39 is 0 Å². The number of amides is 2. The molecule has 0 saturated carbocycles. The molecule has 1 aliphatic rings. The van der Waals surface area contributed by atoms with Gasteiger partial charge in [-0.3, -0.25) is 14.5 Å². The van der Waals surface area contributed by atoms with Crippen LogP contribution >= 0.6 is 0 Å². The molecule has 1 heterocycles. The SMILES string of the molecule is Cc1cccc(C(=O)N2CCCN(CC(=O)NC(C)C(C)C)CC2)c1. The van der Waals surface area contributed by atoms with Crippen LogP contribution in [0.4, 0.5) is 0 Å². The zero-order chi connectivity index (χ0) is 18.4. The Morgan fingerprint density at radius 3 is 2.56 bits per heavy atom. The second-order valence-electron chi connectivity index (χ2n) is 7.39. The number of aryl methyl sites for hydroxylation is 1. The summed E-state index contributed by atoms with van der Waals surface area (Å²) in [4.78, 5) is 28.9. The molecule has 1 aromatic carbocycles. The zero-order valence-corrected chi connectivity index (χ0v) is 15.9. The minimum atomic E-state index is 0.0691. The standard InChI is InChI=1S/C20H31N3O2/c1-15(2)17(4)21-19(24)14-22-9-6-10-23(12-11-22)20(25)18-8-5-7-16(3)13-18/h5,7-8,13,15,17H,6,9-12,14H2,1-4H3,(H,21,24). The molecule has 1 fully saturated rings. The van der Waals surface area contributed by atoms with Gasteiger partial charge >= 0.3 is 0 Å². The fourth-order valence-corrected chi connectivity index (χ4v) is 2.96. The van der Waals surface area contributed by atoms with Gasteiger partial charge in [0.2, 0.25) is 5.91 Å². The number of carbonyl (C=O) groups excluding carboxylic acids is 2. The van der Waals surface area contributed by atoms with Gasteiger partial charge in [-0.2, -0.15) is 0 Å². The Bertz CT molecular complexity index is 600. The molecule has 1 unspecified atom stereocenters. The largest absolute Gasteiger partial charge is 0.352 e. The van der Waals surface area contributed by atoms with Crippen molar-refractivity contribution in [2.24, 2.45) is 5.92 Å². The van der Waals surface area contributed by atoms with Crippen molar-refractivity contribution in [1.29, 1.82) is 0 Å². The molecule has 0 aliphatic carbocycles. The number of hydrogen-bond acceptors (Lipinski definition) is 3. The van der Waals surface area contributed by atoms with Crippen LogP contribution < -0.4 is 5.32 Å². The Morgan fingerprint density at radius 1 is 1.12 bits per heavy atom. The summed E-state index contributed by atoms with van der Waals surface area (Å²) >= 11 is 0. The number of nitrogens with one attached hydrogen (secondary N) is 1. The molecule has 2 rings (SSSR count). The average molecular weight is 345 g/mol. The van der Waals surface area contributed by atoms with Crippen molar-refractivity contribution < 1.29 is 9.59 Å². The van der Waals surface area contributed by atoms with Gasteiger partial charge in [0.15, 0.2) is 0 Å². The average Bonchev–Trinajstić information content (AvgIpc) is 2.79. The molecule has 25 heavy (non-hydrogen) atoms. The third-order valence-electron chi connectivity index (χ3n) is 4.90. The lowest BCUT2D eigenvalue weighted by Gasteiger charge is -2.23.